The van der Waals surface area contributed by atoms with E-state index in [-0.39, 0.29) is 28.4 Å². The van der Waals surface area contributed by atoms with Gasteiger partial charge in [-0.25, -0.2) is 0 Å². The minimum Gasteiger partial charge on any atom is -0.465 e. The number of fused-ring (bicyclic) bond motifs is 1. The van der Waals surface area contributed by atoms with Crippen LogP contribution < -0.4 is 5.43 Å². The van der Waals surface area contributed by atoms with Gasteiger partial charge in [-0.15, -0.1) is 0 Å². The molecule has 0 radical (unpaired) electrons. The summed E-state index contributed by atoms with van der Waals surface area (Å²) in [4.78, 5) is 49.8. The maximum absolute atomic E-state index is 12.8. The molecule has 3 rings (SSSR count). The predicted octanol–water partition coefficient (Wildman–Crippen LogP) is 3.52. The van der Waals surface area contributed by atoms with Gasteiger partial charge >= 0.3 is 5.97 Å². The Morgan fingerprint density at radius 2 is 2.04 bits per heavy atom. The van der Waals surface area contributed by atoms with Crippen LogP contribution in [0, 0.1) is 0 Å². The lowest BCUT2D eigenvalue weighted by Gasteiger charge is -2.10. The van der Waals surface area contributed by atoms with Crippen molar-refractivity contribution in [2.24, 2.45) is 0 Å². The molecule has 2 amide bonds. The molecule has 0 bridgehead atoms. The number of nitrogens with zero attached hydrogens (tertiary/aromatic N) is 1. The van der Waals surface area contributed by atoms with Crippen LogP contribution in [-0.2, 0) is 14.3 Å². The molecule has 0 aliphatic carbocycles. The molecule has 1 aliphatic rings. The molecule has 0 unspecified atom stereocenters. The zero-order chi connectivity index (χ0) is 20.4. The van der Waals surface area contributed by atoms with Crippen molar-refractivity contribution in [3.8, 4) is 0 Å². The summed E-state index contributed by atoms with van der Waals surface area (Å²) < 4.78 is 10.3. The van der Waals surface area contributed by atoms with Gasteiger partial charge in [0.1, 0.15) is 18.4 Å². The van der Waals surface area contributed by atoms with E-state index in [9.17, 15) is 19.2 Å². The number of ether oxygens (including phenoxy) is 1. The van der Waals surface area contributed by atoms with Crippen LogP contribution in [0.4, 0.5) is 4.79 Å². The van der Waals surface area contributed by atoms with E-state index in [1.807, 2.05) is 19.9 Å². The van der Waals surface area contributed by atoms with E-state index in [1.54, 1.807) is 19.1 Å². The van der Waals surface area contributed by atoms with Crippen molar-refractivity contribution in [3.63, 3.8) is 0 Å². The molecule has 8 heteroatoms. The third kappa shape index (κ3) is 3.87. The number of benzene rings is 1. The number of carbonyl (C=O) groups is 3. The minimum absolute atomic E-state index is 0.0564. The Morgan fingerprint density at radius 3 is 2.71 bits per heavy atom. The highest BCUT2D eigenvalue weighted by atomic mass is 32.2. The zero-order valence-electron chi connectivity index (χ0n) is 15.7. The Hall–Kier alpha value is -2.87. The topological polar surface area (TPSA) is 93.9 Å². The van der Waals surface area contributed by atoms with Gasteiger partial charge in [0.15, 0.2) is 5.43 Å². The van der Waals surface area contributed by atoms with Crippen molar-refractivity contribution in [3.05, 3.63) is 50.7 Å². The van der Waals surface area contributed by atoms with E-state index in [1.165, 1.54) is 12.3 Å². The smallest absolute Gasteiger partial charge is 0.326 e. The lowest BCUT2D eigenvalue weighted by molar-refractivity contribution is -0.145. The molecule has 0 N–H and O–H groups in total. The maximum Gasteiger partial charge on any atom is 0.326 e. The van der Waals surface area contributed by atoms with Crippen molar-refractivity contribution >= 4 is 45.9 Å². The van der Waals surface area contributed by atoms with Crippen molar-refractivity contribution in [2.75, 3.05) is 13.2 Å². The third-order valence-corrected chi connectivity index (χ3v) is 5.15. The molecule has 1 fully saturated rings. The van der Waals surface area contributed by atoms with E-state index >= 15 is 0 Å². The molecule has 1 aromatic carbocycles. The summed E-state index contributed by atoms with van der Waals surface area (Å²) in [6.45, 7) is 5.37. The first-order valence-corrected chi connectivity index (χ1v) is 9.60. The number of imide groups is 1. The van der Waals surface area contributed by atoms with Gasteiger partial charge in [0.25, 0.3) is 11.1 Å². The fourth-order valence-corrected chi connectivity index (χ4v) is 3.56. The van der Waals surface area contributed by atoms with Gasteiger partial charge in [-0.2, -0.15) is 0 Å². The highest BCUT2D eigenvalue weighted by molar-refractivity contribution is 8.18. The van der Waals surface area contributed by atoms with Gasteiger partial charge in [0, 0.05) is 0 Å². The Balaban J connectivity index is 1.95. The normalized spacial score (nSPS) is 15.9. The highest BCUT2D eigenvalue weighted by Gasteiger charge is 2.36. The molecule has 1 saturated heterocycles. The largest absolute Gasteiger partial charge is 0.465 e. The molecule has 0 saturated carbocycles. The number of thioether (sulfide) groups is 1. The van der Waals surface area contributed by atoms with E-state index < -0.39 is 23.7 Å². The average molecular weight is 401 g/mol. The van der Waals surface area contributed by atoms with Gasteiger partial charge in [-0.3, -0.25) is 24.1 Å². The average Bonchev–Trinajstić information content (AvgIpc) is 2.91. The van der Waals surface area contributed by atoms with Crippen LogP contribution in [0.3, 0.4) is 0 Å². The quantitative estimate of drug-likeness (QED) is 0.559. The number of carbonyl (C=O) groups excluding carboxylic acids is 3. The molecule has 2 heterocycles. The van der Waals surface area contributed by atoms with Crippen molar-refractivity contribution in [1.29, 1.82) is 0 Å². The number of esters is 1. The van der Waals surface area contributed by atoms with Crippen molar-refractivity contribution < 1.29 is 23.5 Å². The fourth-order valence-electron chi connectivity index (χ4n) is 2.74. The summed E-state index contributed by atoms with van der Waals surface area (Å²) in [7, 11) is 0. The maximum atomic E-state index is 12.8. The standard InChI is InChI=1S/C20H19NO6S/c1-4-26-17(22)9-21-19(24)16(28-20(21)25)8-13-10-27-15-6-5-12(11(2)3)7-14(15)18(13)23/h5-8,10-11H,4,9H2,1-3H3/b16-8+. The Morgan fingerprint density at radius 1 is 1.29 bits per heavy atom. The van der Waals surface area contributed by atoms with Crippen LogP contribution in [0.15, 0.2) is 38.6 Å². The van der Waals surface area contributed by atoms with Crippen molar-refractivity contribution in [2.45, 2.75) is 26.7 Å². The first-order valence-electron chi connectivity index (χ1n) is 8.78. The van der Waals surface area contributed by atoms with Crippen LogP contribution in [0.5, 0.6) is 0 Å². The lowest BCUT2D eigenvalue weighted by Crippen LogP contribution is -2.34. The molecule has 0 spiro atoms. The molecule has 2 aromatic rings. The Bertz CT molecular complexity index is 1050. The fraction of sp³-hybridized carbons (Fsp3) is 0.300. The molecule has 1 aromatic heterocycles. The Kier molecular flexibility index (Phi) is 5.69. The van der Waals surface area contributed by atoms with Crippen LogP contribution in [-0.4, -0.2) is 35.2 Å². The van der Waals surface area contributed by atoms with Crippen LogP contribution in [0.25, 0.3) is 17.0 Å². The zero-order valence-corrected chi connectivity index (χ0v) is 16.5. The van der Waals surface area contributed by atoms with Crippen LogP contribution in [0.1, 0.15) is 37.8 Å². The third-order valence-electron chi connectivity index (χ3n) is 4.24. The van der Waals surface area contributed by atoms with Crippen LogP contribution in [0.2, 0.25) is 0 Å². The van der Waals surface area contributed by atoms with Gasteiger partial charge in [-0.1, -0.05) is 19.9 Å². The molecular weight excluding hydrogens is 382 g/mol. The summed E-state index contributed by atoms with van der Waals surface area (Å²) in [6.07, 6.45) is 2.59. The van der Waals surface area contributed by atoms with E-state index in [2.05, 4.69) is 0 Å². The summed E-state index contributed by atoms with van der Waals surface area (Å²) in [6, 6.07) is 5.41. The van der Waals surface area contributed by atoms with Gasteiger partial charge in [0.2, 0.25) is 0 Å². The van der Waals surface area contributed by atoms with Crippen molar-refractivity contribution in [1.82, 2.24) is 4.90 Å². The first-order chi connectivity index (χ1) is 13.3. The molecule has 7 nitrogen and oxygen atoms in total. The summed E-state index contributed by atoms with van der Waals surface area (Å²) in [5.74, 6) is -1.07. The van der Waals surface area contributed by atoms with Crippen LogP contribution >= 0.6 is 11.8 Å². The number of amides is 2. The Labute approximate surface area is 165 Å². The summed E-state index contributed by atoms with van der Waals surface area (Å²) in [5.41, 5.74) is 1.31. The molecule has 1 aliphatic heterocycles. The van der Waals surface area contributed by atoms with Gasteiger partial charge in [0.05, 0.1) is 22.5 Å². The summed E-state index contributed by atoms with van der Waals surface area (Å²) >= 11 is 0.669. The number of hydrogen-bond donors (Lipinski definition) is 0. The highest BCUT2D eigenvalue weighted by Crippen LogP contribution is 2.32. The summed E-state index contributed by atoms with van der Waals surface area (Å²) in [5, 5.41) is -0.178. The molecular formula is C20H19NO6S. The van der Waals surface area contributed by atoms with Gasteiger partial charge < -0.3 is 9.15 Å². The van der Waals surface area contributed by atoms with Gasteiger partial charge in [-0.05, 0) is 48.4 Å². The second-order valence-corrected chi connectivity index (χ2v) is 7.50. The number of hydrogen-bond acceptors (Lipinski definition) is 7. The van der Waals surface area contributed by atoms with E-state index in [4.69, 9.17) is 9.15 Å². The molecule has 146 valence electrons. The second-order valence-electron chi connectivity index (χ2n) is 6.50. The SMILES string of the molecule is CCOC(=O)CN1C(=O)S/C(=C/c2coc3ccc(C(C)C)cc3c2=O)C1=O. The minimum atomic E-state index is -0.669. The number of rotatable bonds is 5. The van der Waals surface area contributed by atoms with E-state index in [0.29, 0.717) is 22.7 Å². The molecule has 28 heavy (non-hydrogen) atoms. The second kappa shape index (κ2) is 8.02. The van der Waals surface area contributed by atoms with E-state index in [0.717, 1.165) is 10.5 Å². The molecule has 0 atom stereocenters. The predicted molar refractivity (Wildman–Crippen MR) is 106 cm³/mol. The lowest BCUT2D eigenvalue weighted by atomic mass is 10.0. The first kappa shape index (κ1) is 19.9. The monoisotopic (exact) mass is 401 g/mol.